The highest BCUT2D eigenvalue weighted by Gasteiger charge is 2.36. The van der Waals surface area contributed by atoms with Crippen molar-refractivity contribution in [3.05, 3.63) is 63.8 Å². The molecule has 6 nitrogen and oxygen atoms in total. The number of benzene rings is 1. The Balaban J connectivity index is 1.68. The van der Waals surface area contributed by atoms with Crippen LogP contribution in [0.25, 0.3) is 6.08 Å². The molecule has 1 saturated heterocycles. The van der Waals surface area contributed by atoms with E-state index in [1.165, 1.54) is 0 Å². The second kappa shape index (κ2) is 7.72. The van der Waals surface area contributed by atoms with Crippen LogP contribution in [0.3, 0.4) is 0 Å². The van der Waals surface area contributed by atoms with Crippen LogP contribution in [0.2, 0.25) is 5.02 Å². The van der Waals surface area contributed by atoms with Gasteiger partial charge in [0, 0.05) is 23.1 Å². The second-order valence-electron chi connectivity index (χ2n) is 5.56. The number of anilines is 1. The molecule has 1 N–H and O–H groups in total. The number of carbonyl (C=O) groups is 3. The molecule has 0 unspecified atom stereocenters. The van der Waals surface area contributed by atoms with E-state index in [2.05, 4.69) is 10.3 Å². The molecule has 0 saturated carbocycles. The smallest absolute Gasteiger partial charge is 0.294 e. The molecular formula is C18H14ClN3O3S. The van der Waals surface area contributed by atoms with Crippen LogP contribution >= 0.6 is 23.4 Å². The van der Waals surface area contributed by atoms with E-state index in [0.717, 1.165) is 27.8 Å². The molecule has 8 heteroatoms. The number of aromatic nitrogens is 1. The van der Waals surface area contributed by atoms with Crippen LogP contribution in [0.5, 0.6) is 0 Å². The topological polar surface area (TPSA) is 79.4 Å². The average molecular weight is 388 g/mol. The number of imide groups is 1. The molecule has 2 heterocycles. The van der Waals surface area contributed by atoms with E-state index in [1.54, 1.807) is 48.8 Å². The molecule has 1 aromatic carbocycles. The fraction of sp³-hybridized carbons (Fsp3) is 0.111. The summed E-state index contributed by atoms with van der Waals surface area (Å²) >= 11 is 6.83. The Labute approximate surface area is 159 Å². The maximum atomic E-state index is 12.4. The number of rotatable bonds is 4. The zero-order valence-corrected chi connectivity index (χ0v) is 15.3. The summed E-state index contributed by atoms with van der Waals surface area (Å²) in [5, 5.41) is 2.68. The number of amides is 3. The van der Waals surface area contributed by atoms with Gasteiger partial charge in [-0.05, 0) is 60.2 Å². The van der Waals surface area contributed by atoms with Crippen molar-refractivity contribution in [2.75, 3.05) is 11.9 Å². The summed E-state index contributed by atoms with van der Waals surface area (Å²) < 4.78 is 0. The summed E-state index contributed by atoms with van der Waals surface area (Å²) in [4.78, 5) is 41.8. The third kappa shape index (κ3) is 4.12. The number of hydrogen-bond donors (Lipinski definition) is 1. The van der Waals surface area contributed by atoms with Crippen LogP contribution in [0, 0.1) is 6.92 Å². The summed E-state index contributed by atoms with van der Waals surface area (Å²) in [6.07, 6.45) is 4.79. The standard InChI is InChI=1S/C18H14ClN3O3S/c1-11-2-3-13(9-14(11)19)21-16(23)10-22-17(24)15(26-18(22)25)8-12-4-6-20-7-5-12/h2-9H,10H2,1H3,(H,21,23)/b15-8+. The Bertz CT molecular complexity index is 915. The molecule has 0 spiro atoms. The van der Waals surface area contributed by atoms with Crippen LogP contribution in [0.1, 0.15) is 11.1 Å². The van der Waals surface area contributed by atoms with Crippen molar-refractivity contribution < 1.29 is 14.4 Å². The van der Waals surface area contributed by atoms with Crippen LogP contribution in [0.4, 0.5) is 10.5 Å². The van der Waals surface area contributed by atoms with E-state index in [1.807, 2.05) is 6.92 Å². The summed E-state index contributed by atoms with van der Waals surface area (Å²) in [6.45, 7) is 1.49. The van der Waals surface area contributed by atoms with E-state index in [-0.39, 0.29) is 11.4 Å². The summed E-state index contributed by atoms with van der Waals surface area (Å²) in [7, 11) is 0. The lowest BCUT2D eigenvalue weighted by atomic mass is 10.2. The first-order valence-electron chi connectivity index (χ1n) is 7.65. The Kier molecular flexibility index (Phi) is 5.39. The summed E-state index contributed by atoms with van der Waals surface area (Å²) in [5.41, 5.74) is 2.14. The average Bonchev–Trinajstić information content (AvgIpc) is 2.86. The molecule has 1 aromatic heterocycles. The molecule has 3 amide bonds. The van der Waals surface area contributed by atoms with Gasteiger partial charge >= 0.3 is 0 Å². The molecule has 3 rings (SSSR count). The van der Waals surface area contributed by atoms with E-state index in [0.29, 0.717) is 10.7 Å². The largest absolute Gasteiger partial charge is 0.324 e. The number of nitrogens with zero attached hydrogens (tertiary/aromatic N) is 2. The maximum absolute atomic E-state index is 12.4. The van der Waals surface area contributed by atoms with Gasteiger partial charge < -0.3 is 5.32 Å². The van der Waals surface area contributed by atoms with Gasteiger partial charge in [-0.25, -0.2) is 0 Å². The molecule has 1 aliphatic rings. The van der Waals surface area contributed by atoms with Gasteiger partial charge in [0.15, 0.2) is 0 Å². The molecule has 1 aliphatic heterocycles. The first-order chi connectivity index (χ1) is 12.4. The fourth-order valence-corrected chi connectivity index (χ4v) is 3.28. The highest BCUT2D eigenvalue weighted by molar-refractivity contribution is 8.18. The normalized spacial score (nSPS) is 15.6. The third-order valence-corrected chi connectivity index (χ3v) is 4.95. The minimum Gasteiger partial charge on any atom is -0.324 e. The van der Waals surface area contributed by atoms with Gasteiger partial charge in [0.2, 0.25) is 5.91 Å². The third-order valence-electron chi connectivity index (χ3n) is 3.63. The van der Waals surface area contributed by atoms with E-state index >= 15 is 0 Å². The molecule has 0 atom stereocenters. The molecule has 26 heavy (non-hydrogen) atoms. The number of hydrogen-bond acceptors (Lipinski definition) is 5. The first kappa shape index (κ1) is 18.2. The van der Waals surface area contributed by atoms with Crippen molar-refractivity contribution >= 4 is 52.2 Å². The van der Waals surface area contributed by atoms with Crippen LogP contribution < -0.4 is 5.32 Å². The molecule has 2 aromatic rings. The summed E-state index contributed by atoms with van der Waals surface area (Å²) in [5.74, 6) is -0.966. The monoisotopic (exact) mass is 387 g/mol. The van der Waals surface area contributed by atoms with Crippen LogP contribution in [-0.2, 0) is 9.59 Å². The predicted molar refractivity (Wildman–Crippen MR) is 102 cm³/mol. The van der Waals surface area contributed by atoms with Crippen molar-refractivity contribution in [3.8, 4) is 0 Å². The number of aryl methyl sites for hydroxylation is 1. The van der Waals surface area contributed by atoms with Crippen LogP contribution in [0.15, 0.2) is 47.6 Å². The first-order valence-corrected chi connectivity index (χ1v) is 8.85. The molecular weight excluding hydrogens is 374 g/mol. The Morgan fingerprint density at radius 1 is 1.27 bits per heavy atom. The van der Waals surface area contributed by atoms with Gasteiger partial charge in [-0.15, -0.1) is 0 Å². The lowest BCUT2D eigenvalue weighted by Gasteiger charge is -2.13. The minimum atomic E-state index is -0.492. The van der Waals surface area contributed by atoms with E-state index < -0.39 is 17.1 Å². The SMILES string of the molecule is Cc1ccc(NC(=O)CN2C(=O)S/C(=C/c3ccncc3)C2=O)cc1Cl. The Morgan fingerprint density at radius 3 is 2.69 bits per heavy atom. The highest BCUT2D eigenvalue weighted by atomic mass is 35.5. The molecule has 1 fully saturated rings. The summed E-state index contributed by atoms with van der Waals surface area (Å²) in [6, 6.07) is 8.54. The number of pyridine rings is 1. The second-order valence-corrected chi connectivity index (χ2v) is 6.96. The lowest BCUT2D eigenvalue weighted by molar-refractivity contribution is -0.127. The Hall–Kier alpha value is -2.64. The van der Waals surface area contributed by atoms with Gasteiger partial charge in [0.1, 0.15) is 6.54 Å². The molecule has 0 aliphatic carbocycles. The zero-order valence-electron chi connectivity index (χ0n) is 13.7. The maximum Gasteiger partial charge on any atom is 0.294 e. The van der Waals surface area contributed by atoms with Crippen molar-refractivity contribution in [1.82, 2.24) is 9.88 Å². The molecule has 132 valence electrons. The zero-order chi connectivity index (χ0) is 18.7. The van der Waals surface area contributed by atoms with Gasteiger partial charge in [0.05, 0.1) is 4.91 Å². The van der Waals surface area contributed by atoms with Crippen molar-refractivity contribution in [2.45, 2.75) is 6.92 Å². The quantitative estimate of drug-likeness (QED) is 0.809. The van der Waals surface area contributed by atoms with Gasteiger partial charge in [-0.1, -0.05) is 17.7 Å². The highest BCUT2D eigenvalue weighted by Crippen LogP contribution is 2.32. The Morgan fingerprint density at radius 2 is 2.00 bits per heavy atom. The van der Waals surface area contributed by atoms with Crippen molar-refractivity contribution in [1.29, 1.82) is 0 Å². The number of carbonyl (C=O) groups excluding carboxylic acids is 3. The number of nitrogens with one attached hydrogen (secondary N) is 1. The van der Waals surface area contributed by atoms with Gasteiger partial charge in [-0.2, -0.15) is 0 Å². The van der Waals surface area contributed by atoms with Gasteiger partial charge in [-0.3, -0.25) is 24.3 Å². The predicted octanol–water partition coefficient (Wildman–Crippen LogP) is 3.72. The van der Waals surface area contributed by atoms with Crippen molar-refractivity contribution in [3.63, 3.8) is 0 Å². The van der Waals surface area contributed by atoms with E-state index in [4.69, 9.17) is 11.6 Å². The lowest BCUT2D eigenvalue weighted by Crippen LogP contribution is -2.36. The molecule has 0 bridgehead atoms. The van der Waals surface area contributed by atoms with Crippen molar-refractivity contribution in [2.24, 2.45) is 0 Å². The van der Waals surface area contributed by atoms with Crippen LogP contribution in [-0.4, -0.2) is 33.5 Å². The molecule has 0 radical (unpaired) electrons. The van der Waals surface area contributed by atoms with E-state index in [9.17, 15) is 14.4 Å². The minimum absolute atomic E-state index is 0.271. The number of thioether (sulfide) groups is 1. The van der Waals surface area contributed by atoms with Gasteiger partial charge in [0.25, 0.3) is 11.1 Å². The number of halogens is 1. The fourth-order valence-electron chi connectivity index (χ4n) is 2.26.